The molecule has 1 amide bonds. The van der Waals surface area contributed by atoms with E-state index in [9.17, 15) is 9.90 Å². The first-order valence-corrected chi connectivity index (χ1v) is 12.9. The van der Waals surface area contributed by atoms with Crippen LogP contribution in [-0.2, 0) is 4.79 Å². The Balaban J connectivity index is 0. The van der Waals surface area contributed by atoms with Gasteiger partial charge in [0.25, 0.3) is 0 Å². The highest BCUT2D eigenvalue weighted by Gasteiger charge is 2.17. The molecule has 1 N–H and O–H groups in total. The number of allylic oxidation sites excluding steroid dienone is 2. The molecule has 0 aromatic heterocycles. The van der Waals surface area contributed by atoms with E-state index in [2.05, 4.69) is 99.3 Å². The molecular weight excluding hydrogens is 438 g/mol. The van der Waals surface area contributed by atoms with Crippen molar-refractivity contribution in [2.75, 3.05) is 27.2 Å². The molecule has 3 unspecified atom stereocenters. The molecule has 1 rings (SSSR count). The summed E-state index contributed by atoms with van der Waals surface area (Å²) in [6.45, 7) is 14.8. The van der Waals surface area contributed by atoms with Crippen molar-refractivity contribution in [2.45, 2.75) is 66.9 Å². The van der Waals surface area contributed by atoms with Crippen LogP contribution in [0.3, 0.4) is 0 Å². The maximum absolute atomic E-state index is 10.4. The lowest BCUT2D eigenvalue weighted by atomic mass is 9.86. The molecule has 186 valence electrons. The van der Waals surface area contributed by atoms with E-state index in [1.807, 2.05) is 6.08 Å². The van der Waals surface area contributed by atoms with Gasteiger partial charge in [-0.25, -0.2) is 0 Å². The number of carbonyl (C=O) groups is 1. The molecule has 0 aliphatic heterocycles. The third-order valence-electron chi connectivity index (χ3n) is 4.93. The number of aliphatic hydroxyl groups is 1. The highest BCUT2D eigenvalue weighted by Crippen LogP contribution is 2.24. The minimum absolute atomic E-state index is 0.328. The summed E-state index contributed by atoms with van der Waals surface area (Å²) in [5.74, 6) is 0.678. The van der Waals surface area contributed by atoms with Crippen molar-refractivity contribution in [3.8, 4) is 0 Å². The summed E-state index contributed by atoms with van der Waals surface area (Å²) in [6.07, 6.45) is 16.0. The highest BCUT2D eigenvalue weighted by atomic mass is 33.1. The minimum atomic E-state index is -0.417. The number of amides is 1. The van der Waals surface area contributed by atoms with Gasteiger partial charge in [0.15, 0.2) is 0 Å². The van der Waals surface area contributed by atoms with Crippen LogP contribution in [0.5, 0.6) is 0 Å². The second-order valence-electron chi connectivity index (χ2n) is 9.41. The van der Waals surface area contributed by atoms with Gasteiger partial charge in [0, 0.05) is 33.1 Å². The van der Waals surface area contributed by atoms with E-state index in [0.717, 1.165) is 18.4 Å². The van der Waals surface area contributed by atoms with E-state index in [1.54, 1.807) is 14.0 Å². The Bertz CT molecular complexity index is 596. The fourth-order valence-electron chi connectivity index (χ4n) is 2.94. The predicted molar refractivity (Wildman–Crippen MR) is 147 cm³/mol. The minimum Gasteiger partial charge on any atom is -0.389 e. The molecule has 0 spiro atoms. The van der Waals surface area contributed by atoms with Crippen LogP contribution in [0, 0.1) is 17.3 Å². The number of nitrogens with zero attached hydrogens (tertiary/aromatic N) is 3. The molecule has 7 heteroatoms. The standard InChI is InChI=1S/C13H20N2O2.C12H25N.H2S2/c1-10-6-12(11(2)17)4-5-13(10)7-14-8-15(3)9-16;1-6-7-10-13(5)11-8-9-12(2,3)4;1-2/h4-6,8-11,13,17H,7H2,1-3H3;7,10H,6,8-9,11H2,1-5H3;1-2H/b;10-7+;. The largest absolute Gasteiger partial charge is 0.389 e. The van der Waals surface area contributed by atoms with E-state index in [4.69, 9.17) is 0 Å². The van der Waals surface area contributed by atoms with Gasteiger partial charge < -0.3 is 14.9 Å². The second-order valence-corrected chi connectivity index (χ2v) is 9.41. The molecule has 0 heterocycles. The van der Waals surface area contributed by atoms with Crippen LogP contribution in [-0.4, -0.2) is 60.9 Å². The Hall–Kier alpha value is -1.18. The highest BCUT2D eigenvalue weighted by molar-refractivity contribution is 8.59. The Kier molecular flexibility index (Phi) is 19.9. The monoisotopic (exact) mass is 485 g/mol. The number of rotatable bonds is 10. The fraction of sp³-hybridized carbons (Fsp3) is 0.680. The quantitative estimate of drug-likeness (QED) is 0.123. The van der Waals surface area contributed by atoms with Gasteiger partial charge in [0.2, 0.25) is 6.41 Å². The van der Waals surface area contributed by atoms with E-state index in [-0.39, 0.29) is 0 Å². The molecule has 0 fully saturated rings. The third-order valence-corrected chi connectivity index (χ3v) is 4.93. The van der Waals surface area contributed by atoms with Crippen LogP contribution in [0.15, 0.2) is 41.1 Å². The Morgan fingerprint density at radius 1 is 1.28 bits per heavy atom. The summed E-state index contributed by atoms with van der Waals surface area (Å²) in [4.78, 5) is 18.2. The van der Waals surface area contributed by atoms with Crippen LogP contribution >= 0.6 is 23.3 Å². The van der Waals surface area contributed by atoms with E-state index in [1.165, 1.54) is 30.6 Å². The molecule has 0 aromatic carbocycles. The van der Waals surface area contributed by atoms with Crippen LogP contribution in [0.2, 0.25) is 0 Å². The van der Waals surface area contributed by atoms with Gasteiger partial charge in [-0.05, 0) is 49.3 Å². The van der Waals surface area contributed by atoms with Crippen LogP contribution in [0.1, 0.15) is 60.8 Å². The number of hydrogen-bond acceptors (Lipinski definition) is 6. The Labute approximate surface area is 208 Å². The summed E-state index contributed by atoms with van der Waals surface area (Å²) in [6, 6.07) is 0. The topological polar surface area (TPSA) is 56.1 Å². The number of aliphatic imine (C=N–C) groups is 1. The predicted octanol–water partition coefficient (Wildman–Crippen LogP) is 5.66. The van der Waals surface area contributed by atoms with Gasteiger partial charge in [0.05, 0.1) is 12.4 Å². The molecule has 0 radical (unpaired) electrons. The Morgan fingerprint density at radius 2 is 1.91 bits per heavy atom. The van der Waals surface area contributed by atoms with Crippen molar-refractivity contribution >= 4 is 36.1 Å². The molecule has 0 aromatic rings. The first-order chi connectivity index (χ1) is 15.0. The molecule has 3 atom stereocenters. The van der Waals surface area contributed by atoms with Crippen molar-refractivity contribution in [3.05, 3.63) is 36.1 Å². The normalized spacial score (nSPS) is 18.9. The van der Waals surface area contributed by atoms with Gasteiger partial charge in [-0.2, -0.15) is 0 Å². The van der Waals surface area contributed by atoms with E-state index < -0.39 is 6.10 Å². The molecule has 0 bridgehead atoms. The molecule has 1 aliphatic carbocycles. The number of carbonyl (C=O) groups excluding carboxylic acids is 1. The first-order valence-electron chi connectivity index (χ1n) is 11.3. The molecular formula is C25H47N3O2S2. The molecule has 1 aliphatic rings. The van der Waals surface area contributed by atoms with Crippen LogP contribution in [0.25, 0.3) is 0 Å². The zero-order valence-electron chi connectivity index (χ0n) is 21.4. The number of thiol groups is 2. The first kappa shape index (κ1) is 33.0. The average molecular weight is 486 g/mol. The second kappa shape index (κ2) is 19.3. The maximum Gasteiger partial charge on any atom is 0.214 e. The summed E-state index contributed by atoms with van der Waals surface area (Å²) >= 11 is 6.44. The molecule has 5 nitrogen and oxygen atoms in total. The Morgan fingerprint density at radius 3 is 2.38 bits per heavy atom. The van der Waals surface area contributed by atoms with Gasteiger partial charge in [-0.15, -0.1) is 23.3 Å². The van der Waals surface area contributed by atoms with Gasteiger partial charge in [-0.1, -0.05) is 58.9 Å². The van der Waals surface area contributed by atoms with Crippen LogP contribution < -0.4 is 0 Å². The van der Waals surface area contributed by atoms with Crippen LogP contribution in [0.4, 0.5) is 0 Å². The summed E-state index contributed by atoms with van der Waals surface area (Å²) < 4.78 is 0. The van der Waals surface area contributed by atoms with Crippen molar-refractivity contribution in [2.24, 2.45) is 22.2 Å². The summed E-state index contributed by atoms with van der Waals surface area (Å²) in [5, 5.41) is 9.47. The van der Waals surface area contributed by atoms with Crippen molar-refractivity contribution in [3.63, 3.8) is 0 Å². The van der Waals surface area contributed by atoms with E-state index in [0.29, 0.717) is 23.8 Å². The maximum atomic E-state index is 10.4. The van der Waals surface area contributed by atoms with Gasteiger partial charge in [0.1, 0.15) is 0 Å². The number of hydrogen-bond donors (Lipinski definition) is 3. The molecule has 0 saturated carbocycles. The van der Waals surface area contributed by atoms with E-state index >= 15 is 0 Å². The average Bonchev–Trinajstić information content (AvgIpc) is 2.74. The van der Waals surface area contributed by atoms with Crippen molar-refractivity contribution in [1.29, 1.82) is 0 Å². The zero-order chi connectivity index (χ0) is 25.2. The third kappa shape index (κ3) is 18.4. The lowest BCUT2D eigenvalue weighted by Crippen LogP contribution is -2.19. The number of aliphatic hydroxyl groups excluding tert-OH is 1. The van der Waals surface area contributed by atoms with Gasteiger partial charge in [-0.3, -0.25) is 9.79 Å². The SMILES string of the molecule is CC(O)C1=CC(C)C(CN=CN(C)C=O)C=C1.CC/C=C/N(C)CCCC(C)(C)C.SS. The summed E-state index contributed by atoms with van der Waals surface area (Å²) in [7, 11) is 3.80. The molecule has 32 heavy (non-hydrogen) atoms. The van der Waals surface area contributed by atoms with Crippen molar-refractivity contribution in [1.82, 2.24) is 9.80 Å². The summed E-state index contributed by atoms with van der Waals surface area (Å²) in [5.41, 5.74) is 1.44. The lowest BCUT2D eigenvalue weighted by molar-refractivity contribution is -0.113. The zero-order valence-corrected chi connectivity index (χ0v) is 23.2. The lowest BCUT2D eigenvalue weighted by Gasteiger charge is -2.22. The smallest absolute Gasteiger partial charge is 0.214 e. The van der Waals surface area contributed by atoms with Crippen molar-refractivity contribution < 1.29 is 9.90 Å². The molecule has 0 saturated heterocycles. The van der Waals surface area contributed by atoms with Gasteiger partial charge >= 0.3 is 0 Å². The fourth-order valence-corrected chi connectivity index (χ4v) is 2.94.